The number of rotatable bonds is 6. The summed E-state index contributed by atoms with van der Waals surface area (Å²) in [6.45, 7) is 7.82. The molecular weight excluding hydrogens is 613 g/mol. The smallest absolute Gasteiger partial charge is 0.407 e. The Labute approximate surface area is 278 Å². The molecule has 0 spiro atoms. The molecule has 2 saturated heterocycles. The summed E-state index contributed by atoms with van der Waals surface area (Å²) in [5.74, 6) is -0.355. The van der Waals surface area contributed by atoms with E-state index in [2.05, 4.69) is 22.6 Å². The van der Waals surface area contributed by atoms with Crippen LogP contribution in [0.5, 0.6) is 11.5 Å². The number of pyridine rings is 1. The van der Waals surface area contributed by atoms with Crippen LogP contribution in [0.4, 0.5) is 14.9 Å². The highest BCUT2D eigenvalue weighted by molar-refractivity contribution is 6.02. The topological polar surface area (TPSA) is 105 Å². The molecule has 1 atom stereocenters. The number of hydrogen-bond acceptors (Lipinski definition) is 7. The summed E-state index contributed by atoms with van der Waals surface area (Å²) in [6.07, 6.45) is 5.24. The van der Waals surface area contributed by atoms with Crippen LogP contribution in [-0.4, -0.2) is 72.4 Å². The van der Waals surface area contributed by atoms with Crippen molar-refractivity contribution in [2.75, 3.05) is 38.1 Å². The number of aromatic nitrogens is 1. The number of alkyl carbamates (subject to hydrolysis) is 1. The summed E-state index contributed by atoms with van der Waals surface area (Å²) in [4.78, 5) is 44.0. The van der Waals surface area contributed by atoms with Gasteiger partial charge in [-0.1, -0.05) is 24.3 Å². The molecule has 0 radical (unpaired) electrons. The van der Waals surface area contributed by atoms with Gasteiger partial charge in [0.25, 0.3) is 5.91 Å². The lowest BCUT2D eigenvalue weighted by molar-refractivity contribution is 0.0497. The number of piperidine rings is 1. The third kappa shape index (κ3) is 6.07. The molecule has 7 rings (SSSR count). The molecular formula is C37H42FN5O5. The van der Waals surface area contributed by atoms with E-state index in [1.165, 1.54) is 6.07 Å². The van der Waals surface area contributed by atoms with E-state index in [4.69, 9.17) is 9.47 Å². The van der Waals surface area contributed by atoms with Crippen molar-refractivity contribution < 1.29 is 23.5 Å². The van der Waals surface area contributed by atoms with Gasteiger partial charge < -0.3 is 34.5 Å². The Morgan fingerprint density at radius 1 is 1.04 bits per heavy atom. The van der Waals surface area contributed by atoms with E-state index in [9.17, 15) is 14.4 Å². The molecule has 2 N–H and O–H groups in total. The maximum atomic E-state index is 16.3. The fourth-order valence-corrected chi connectivity index (χ4v) is 7.26. The van der Waals surface area contributed by atoms with Gasteiger partial charge in [-0.2, -0.15) is 0 Å². The third-order valence-corrected chi connectivity index (χ3v) is 9.68. The van der Waals surface area contributed by atoms with Crippen LogP contribution in [0.1, 0.15) is 63.2 Å². The van der Waals surface area contributed by atoms with Crippen molar-refractivity contribution in [2.45, 2.75) is 70.6 Å². The maximum absolute atomic E-state index is 16.3. The van der Waals surface area contributed by atoms with E-state index in [1.54, 1.807) is 10.8 Å². The quantitative estimate of drug-likeness (QED) is 0.228. The average molecular weight is 656 g/mol. The Hall–Kier alpha value is -4.64. The van der Waals surface area contributed by atoms with E-state index in [1.807, 2.05) is 62.1 Å². The number of nitrogens with zero attached hydrogens (tertiary/aromatic N) is 3. The molecule has 11 heteroatoms. The van der Waals surface area contributed by atoms with Crippen molar-refractivity contribution in [2.24, 2.45) is 0 Å². The summed E-state index contributed by atoms with van der Waals surface area (Å²) in [7, 11) is 2.09. The van der Waals surface area contributed by atoms with Gasteiger partial charge in [-0.05, 0) is 95.4 Å². The third-order valence-electron chi connectivity index (χ3n) is 9.68. The second-order valence-electron chi connectivity index (χ2n) is 14.2. The number of carbonyl (C=O) groups is 2. The number of amides is 2. The van der Waals surface area contributed by atoms with Crippen molar-refractivity contribution in [3.8, 4) is 17.2 Å². The lowest BCUT2D eigenvalue weighted by Crippen LogP contribution is -2.46. The number of nitrogens with one attached hydrogen (secondary N) is 2. The van der Waals surface area contributed by atoms with Crippen molar-refractivity contribution in [1.82, 2.24) is 20.1 Å². The van der Waals surface area contributed by atoms with Gasteiger partial charge in [-0.3, -0.25) is 9.59 Å². The van der Waals surface area contributed by atoms with E-state index in [0.717, 1.165) is 36.6 Å². The van der Waals surface area contributed by atoms with Gasteiger partial charge in [0.15, 0.2) is 17.3 Å². The molecule has 48 heavy (non-hydrogen) atoms. The van der Waals surface area contributed by atoms with Crippen LogP contribution < -0.4 is 25.7 Å². The molecule has 10 nitrogen and oxygen atoms in total. The second-order valence-corrected chi connectivity index (χ2v) is 14.2. The molecule has 0 saturated carbocycles. The first-order valence-corrected chi connectivity index (χ1v) is 16.8. The minimum absolute atomic E-state index is 0.0459. The van der Waals surface area contributed by atoms with E-state index in [0.29, 0.717) is 55.5 Å². The average Bonchev–Trinajstić information content (AvgIpc) is 3.45. The number of halogens is 1. The molecule has 4 heterocycles. The van der Waals surface area contributed by atoms with Gasteiger partial charge in [0.2, 0.25) is 5.43 Å². The Morgan fingerprint density at radius 3 is 2.46 bits per heavy atom. The van der Waals surface area contributed by atoms with Crippen LogP contribution in [0.25, 0.3) is 27.4 Å². The number of anilines is 1. The van der Waals surface area contributed by atoms with Gasteiger partial charge >= 0.3 is 6.09 Å². The number of likely N-dealkylation sites (tertiary alicyclic amines) is 1. The van der Waals surface area contributed by atoms with E-state index in [-0.39, 0.29) is 28.4 Å². The van der Waals surface area contributed by atoms with Gasteiger partial charge in [-0.25, -0.2) is 9.18 Å². The van der Waals surface area contributed by atoms with Crippen LogP contribution >= 0.6 is 0 Å². The normalized spacial score (nSPS) is 18.1. The van der Waals surface area contributed by atoms with Crippen molar-refractivity contribution in [3.05, 3.63) is 70.3 Å². The van der Waals surface area contributed by atoms with Gasteiger partial charge in [0, 0.05) is 37.9 Å². The standard InChI is InChI=1S/C37H42FN5O5/c1-37(2,3)48-36(46)40-24-12-16-42(17-13-24)32-28(38)20-26-31-34(32)47-30-19-23-9-6-5-8-22(23)18-29(30)43(31)21-27(33(26)44)35(45)39-14-11-25-10-7-15-41(25)4/h5-6,8-9,18-21,24-25H,7,10-17H2,1-4H3,(H,39,45)(H,40,46). The Bertz CT molecular complexity index is 1980. The SMILES string of the molecule is CN1CCCC1CCNC(=O)c1cn2c3c(c(N4CCC(NC(=O)OC(C)(C)C)CC4)c(F)cc3c1=O)Oc1cc3ccccc3cc1-2. The Morgan fingerprint density at radius 2 is 1.77 bits per heavy atom. The highest BCUT2D eigenvalue weighted by Crippen LogP contribution is 2.48. The number of fused-ring (bicyclic) bond motifs is 3. The minimum atomic E-state index is -0.608. The predicted octanol–water partition coefficient (Wildman–Crippen LogP) is 6.10. The minimum Gasteiger partial charge on any atom is -0.451 e. The van der Waals surface area contributed by atoms with Crippen molar-refractivity contribution in [1.29, 1.82) is 0 Å². The maximum Gasteiger partial charge on any atom is 0.407 e. The molecule has 0 bridgehead atoms. The number of benzene rings is 3. The van der Waals surface area contributed by atoms with Crippen LogP contribution in [0, 0.1) is 5.82 Å². The monoisotopic (exact) mass is 655 g/mol. The van der Waals surface area contributed by atoms with Crippen molar-refractivity contribution >= 4 is 39.4 Å². The fourth-order valence-electron chi connectivity index (χ4n) is 7.26. The van der Waals surface area contributed by atoms with Crippen LogP contribution in [0.15, 0.2) is 53.5 Å². The summed E-state index contributed by atoms with van der Waals surface area (Å²) < 4.78 is 30.0. The summed E-state index contributed by atoms with van der Waals surface area (Å²) >= 11 is 0. The fraction of sp³-hybridized carbons (Fsp3) is 0.432. The summed E-state index contributed by atoms with van der Waals surface area (Å²) in [5.41, 5.74) is 0.127. The summed E-state index contributed by atoms with van der Waals surface area (Å²) in [6, 6.07) is 13.2. The largest absolute Gasteiger partial charge is 0.451 e. The zero-order valence-electron chi connectivity index (χ0n) is 27.9. The highest BCUT2D eigenvalue weighted by atomic mass is 19.1. The lowest BCUT2D eigenvalue weighted by Gasteiger charge is -2.36. The van der Waals surface area contributed by atoms with E-state index < -0.39 is 28.8 Å². The molecule has 1 unspecified atom stereocenters. The zero-order valence-corrected chi connectivity index (χ0v) is 27.9. The molecule has 1 aromatic heterocycles. The molecule has 3 aliphatic heterocycles. The number of hydrogen-bond donors (Lipinski definition) is 2. The molecule has 0 aliphatic carbocycles. The first-order valence-electron chi connectivity index (χ1n) is 16.8. The zero-order chi connectivity index (χ0) is 33.7. The van der Waals surface area contributed by atoms with Gasteiger partial charge in [-0.15, -0.1) is 0 Å². The second kappa shape index (κ2) is 12.4. The van der Waals surface area contributed by atoms with Gasteiger partial charge in [0.1, 0.15) is 22.4 Å². The van der Waals surface area contributed by atoms with Crippen LogP contribution in [0.2, 0.25) is 0 Å². The highest BCUT2D eigenvalue weighted by Gasteiger charge is 2.33. The molecule has 252 valence electrons. The summed E-state index contributed by atoms with van der Waals surface area (Å²) in [5, 5.41) is 7.86. The first-order chi connectivity index (χ1) is 23.0. The molecule has 4 aromatic rings. The first kappa shape index (κ1) is 31.9. The molecule has 2 amide bonds. The Balaban J connectivity index is 1.25. The molecule has 3 aliphatic rings. The number of ether oxygens (including phenoxy) is 2. The van der Waals surface area contributed by atoms with Crippen LogP contribution in [-0.2, 0) is 4.74 Å². The molecule has 2 fully saturated rings. The lowest BCUT2D eigenvalue weighted by atomic mass is 10.0. The predicted molar refractivity (Wildman–Crippen MR) is 184 cm³/mol. The van der Waals surface area contributed by atoms with Gasteiger partial charge in [0.05, 0.1) is 11.1 Å². The molecule has 3 aromatic carbocycles. The van der Waals surface area contributed by atoms with E-state index >= 15 is 4.39 Å². The number of carbonyl (C=O) groups excluding carboxylic acids is 2. The van der Waals surface area contributed by atoms with Crippen molar-refractivity contribution in [3.63, 3.8) is 0 Å². The Kier molecular flexibility index (Phi) is 8.27. The van der Waals surface area contributed by atoms with Crippen LogP contribution in [0.3, 0.4) is 0 Å².